The molecule has 1 fully saturated rings. The Morgan fingerprint density at radius 2 is 2.07 bits per heavy atom. The number of nitrogens with one attached hydrogen (secondary N) is 1. The van der Waals surface area contributed by atoms with Crippen LogP contribution >= 0.6 is 0 Å². The molecule has 1 saturated heterocycles. The summed E-state index contributed by atoms with van der Waals surface area (Å²) in [7, 11) is 4.09. The molecule has 1 N–H and O–H groups in total. The van der Waals surface area contributed by atoms with Crippen LogP contribution in [0.4, 0.5) is 0 Å². The van der Waals surface area contributed by atoms with E-state index in [0.29, 0.717) is 5.92 Å². The van der Waals surface area contributed by atoms with Crippen molar-refractivity contribution < 1.29 is 0 Å². The van der Waals surface area contributed by atoms with E-state index in [4.69, 9.17) is 0 Å². The second-order valence-corrected chi connectivity index (χ2v) is 7.69. The van der Waals surface area contributed by atoms with Crippen LogP contribution in [0, 0.1) is 12.8 Å². The van der Waals surface area contributed by atoms with Crippen molar-refractivity contribution in [3.05, 3.63) is 71.2 Å². The summed E-state index contributed by atoms with van der Waals surface area (Å²) in [5.74, 6) is 1.37. The second kappa shape index (κ2) is 10.2. The highest BCUT2D eigenvalue weighted by Crippen LogP contribution is 2.23. The van der Waals surface area contributed by atoms with Gasteiger partial charge in [-0.15, -0.1) is 0 Å². The minimum Gasteiger partial charge on any atom is -0.344 e. The Morgan fingerprint density at radius 1 is 1.25 bits per heavy atom. The Labute approximate surface area is 169 Å². The average molecular weight is 377 g/mol. The lowest BCUT2D eigenvalue weighted by Gasteiger charge is -2.24. The molecule has 0 radical (unpaired) electrons. The van der Waals surface area contributed by atoms with Gasteiger partial charge in [-0.3, -0.25) is 4.99 Å². The zero-order valence-corrected chi connectivity index (χ0v) is 17.4. The molecule has 0 amide bonds. The van der Waals surface area contributed by atoms with Crippen LogP contribution in [-0.4, -0.2) is 44.0 Å². The summed E-state index contributed by atoms with van der Waals surface area (Å²) in [5, 5.41) is 3.64. The van der Waals surface area contributed by atoms with Gasteiger partial charge in [0.1, 0.15) is 5.82 Å². The van der Waals surface area contributed by atoms with E-state index in [1.54, 1.807) is 0 Å². The van der Waals surface area contributed by atoms with Crippen molar-refractivity contribution in [1.29, 1.82) is 0 Å². The fourth-order valence-electron chi connectivity index (χ4n) is 3.72. The lowest BCUT2D eigenvalue weighted by molar-refractivity contribution is 0.314. The molecule has 148 valence electrons. The Bertz CT molecular complexity index is 796. The van der Waals surface area contributed by atoms with Gasteiger partial charge in [0, 0.05) is 31.4 Å². The van der Waals surface area contributed by atoms with Gasteiger partial charge in [-0.05, 0) is 63.6 Å². The van der Waals surface area contributed by atoms with Crippen molar-refractivity contribution in [1.82, 2.24) is 10.2 Å². The maximum Gasteiger partial charge on any atom is 0.126 e. The quantitative estimate of drug-likeness (QED) is 0.769. The van der Waals surface area contributed by atoms with Crippen LogP contribution in [0.25, 0.3) is 0 Å². The first-order valence-electron chi connectivity index (χ1n) is 10.3. The summed E-state index contributed by atoms with van der Waals surface area (Å²) in [6.45, 7) is 4.33. The van der Waals surface area contributed by atoms with Gasteiger partial charge in [0.2, 0.25) is 0 Å². The average Bonchev–Trinajstić information content (AvgIpc) is 3.08. The molecule has 1 aromatic carbocycles. The fraction of sp³-hybridized carbons (Fsp3) is 0.417. The molecular weight excluding hydrogens is 344 g/mol. The smallest absolute Gasteiger partial charge is 0.126 e. The summed E-state index contributed by atoms with van der Waals surface area (Å²) in [6.07, 6.45) is 14.9. The molecule has 0 bridgehead atoms. The van der Waals surface area contributed by atoms with Gasteiger partial charge >= 0.3 is 0 Å². The number of nitrogens with zero attached hydrogens (tertiary/aromatic N) is 3. The van der Waals surface area contributed by atoms with Gasteiger partial charge in [-0.1, -0.05) is 42.3 Å². The molecule has 0 saturated carbocycles. The fourth-order valence-corrected chi connectivity index (χ4v) is 3.72. The maximum atomic E-state index is 4.59. The number of likely N-dealkylation sites (tertiary alicyclic amines) is 1. The largest absolute Gasteiger partial charge is 0.344 e. The first kappa shape index (κ1) is 20.3. The van der Waals surface area contributed by atoms with E-state index in [0.717, 1.165) is 30.1 Å². The van der Waals surface area contributed by atoms with E-state index in [-0.39, 0.29) is 0 Å². The van der Waals surface area contributed by atoms with Crippen LogP contribution in [0.5, 0.6) is 0 Å². The molecule has 0 aromatic heterocycles. The number of aryl methyl sites for hydroxylation is 1. The molecule has 28 heavy (non-hydrogen) atoms. The van der Waals surface area contributed by atoms with Crippen molar-refractivity contribution in [2.24, 2.45) is 15.9 Å². The zero-order valence-electron chi connectivity index (χ0n) is 17.4. The minimum absolute atomic E-state index is 0.446. The lowest BCUT2D eigenvalue weighted by Crippen LogP contribution is -2.30. The van der Waals surface area contributed by atoms with Crippen LogP contribution < -0.4 is 5.32 Å². The van der Waals surface area contributed by atoms with E-state index >= 15 is 0 Å². The normalized spacial score (nSPS) is 21.8. The van der Waals surface area contributed by atoms with Crippen molar-refractivity contribution in [3.63, 3.8) is 0 Å². The number of rotatable bonds is 5. The predicted molar refractivity (Wildman–Crippen MR) is 120 cm³/mol. The summed E-state index contributed by atoms with van der Waals surface area (Å²) in [4.78, 5) is 11.6. The third-order valence-corrected chi connectivity index (χ3v) is 5.35. The first-order chi connectivity index (χ1) is 13.7. The summed E-state index contributed by atoms with van der Waals surface area (Å²) in [5.41, 5.74) is 4.62. The number of allylic oxidation sites excluding steroid dienone is 4. The first-order valence-corrected chi connectivity index (χ1v) is 10.3. The van der Waals surface area contributed by atoms with Crippen LogP contribution in [-0.2, 0) is 0 Å². The molecule has 0 aliphatic carbocycles. The molecule has 2 heterocycles. The van der Waals surface area contributed by atoms with E-state index < -0.39 is 0 Å². The highest BCUT2D eigenvalue weighted by molar-refractivity contribution is 6.09. The predicted octanol–water partition coefficient (Wildman–Crippen LogP) is 4.49. The number of benzene rings is 1. The topological polar surface area (TPSA) is 40.0 Å². The molecule has 2 aliphatic rings. The summed E-state index contributed by atoms with van der Waals surface area (Å²) in [6, 6.07) is 8.59. The third kappa shape index (κ3) is 5.77. The third-order valence-electron chi connectivity index (χ3n) is 5.35. The van der Waals surface area contributed by atoms with Crippen LogP contribution in [0.1, 0.15) is 36.8 Å². The highest BCUT2D eigenvalue weighted by atomic mass is 15.1. The second-order valence-electron chi connectivity index (χ2n) is 7.69. The molecule has 4 nitrogen and oxygen atoms in total. The molecule has 0 spiro atoms. The van der Waals surface area contributed by atoms with E-state index in [9.17, 15) is 0 Å². The van der Waals surface area contributed by atoms with Crippen LogP contribution in [0.3, 0.4) is 0 Å². The van der Waals surface area contributed by atoms with Gasteiger partial charge < -0.3 is 10.2 Å². The minimum atomic E-state index is 0.446. The molecule has 1 aromatic rings. The van der Waals surface area contributed by atoms with Gasteiger partial charge in [0.05, 0.1) is 5.71 Å². The lowest BCUT2D eigenvalue weighted by atomic mass is 9.96. The van der Waals surface area contributed by atoms with Crippen molar-refractivity contribution in [2.45, 2.75) is 32.6 Å². The Hall–Kier alpha value is -2.46. The highest BCUT2D eigenvalue weighted by Gasteiger charge is 2.21. The van der Waals surface area contributed by atoms with Gasteiger partial charge in [0.15, 0.2) is 0 Å². The molecule has 2 aliphatic heterocycles. The molecule has 1 atom stereocenters. The van der Waals surface area contributed by atoms with Crippen molar-refractivity contribution in [2.75, 3.05) is 27.2 Å². The van der Waals surface area contributed by atoms with Gasteiger partial charge in [-0.2, -0.15) is 0 Å². The standard InChI is InChI=1S/C24H32N4/c1-19-11-13-20(14-12-19)22(25-2)17-23(21-9-6-8-16-28(3)18-21)27-24-10-5-4-7-15-26-24/h4,7,10-15,17,21,27H,5-6,8-9,16,18H2,1-3H3/b23-17-,25-22?. The Balaban J connectivity index is 1.92. The Kier molecular flexibility index (Phi) is 7.38. The van der Waals surface area contributed by atoms with Crippen LogP contribution in [0.2, 0.25) is 0 Å². The Morgan fingerprint density at radius 3 is 2.86 bits per heavy atom. The number of hydrogen-bond acceptors (Lipinski definition) is 4. The maximum absolute atomic E-state index is 4.59. The van der Waals surface area contributed by atoms with Gasteiger partial charge in [-0.25, -0.2) is 4.99 Å². The monoisotopic (exact) mass is 376 g/mol. The summed E-state index contributed by atoms with van der Waals surface area (Å²) >= 11 is 0. The van der Waals surface area contributed by atoms with E-state index in [1.807, 2.05) is 19.3 Å². The van der Waals surface area contributed by atoms with Crippen molar-refractivity contribution in [3.8, 4) is 0 Å². The van der Waals surface area contributed by atoms with E-state index in [2.05, 4.69) is 76.7 Å². The molecule has 1 unspecified atom stereocenters. The van der Waals surface area contributed by atoms with Gasteiger partial charge in [0.25, 0.3) is 0 Å². The van der Waals surface area contributed by atoms with Crippen LogP contribution in [0.15, 0.2) is 70.1 Å². The molecular formula is C24H32N4. The zero-order chi connectivity index (χ0) is 19.8. The number of aliphatic imine (C=N–C) groups is 2. The molecule has 3 rings (SSSR count). The summed E-state index contributed by atoms with van der Waals surface area (Å²) < 4.78 is 0. The SMILES string of the molecule is CN=C(/C=C(\NC1=CCC=CC=N1)C1CCCCN(C)C1)c1ccc(C)cc1. The number of hydrogen-bond donors (Lipinski definition) is 1. The molecule has 4 heteroatoms. The van der Waals surface area contributed by atoms with Crippen molar-refractivity contribution >= 4 is 11.9 Å². The van der Waals surface area contributed by atoms with E-state index in [1.165, 1.54) is 37.1 Å².